The Bertz CT molecular complexity index is 697. The van der Waals surface area contributed by atoms with E-state index in [2.05, 4.69) is 5.32 Å². The molecule has 0 aliphatic heterocycles. The summed E-state index contributed by atoms with van der Waals surface area (Å²) in [5, 5.41) is 23.5. The monoisotopic (exact) mass is 369 g/mol. The van der Waals surface area contributed by atoms with Gasteiger partial charge in [0.2, 0.25) is 0 Å². The molecule has 1 aliphatic rings. The number of hydrogen-bond acceptors (Lipinski definition) is 4. The minimum absolute atomic E-state index is 0.188. The first-order valence-electron chi connectivity index (χ1n) is 9.51. The summed E-state index contributed by atoms with van der Waals surface area (Å²) in [6.07, 6.45) is 0.723. The van der Waals surface area contributed by atoms with Gasteiger partial charge in [0.05, 0.1) is 12.2 Å². The van der Waals surface area contributed by atoms with Crippen LogP contribution in [0.5, 0.6) is 0 Å². The van der Waals surface area contributed by atoms with E-state index in [4.69, 9.17) is 4.74 Å². The molecule has 0 radical (unpaired) electrons. The van der Waals surface area contributed by atoms with E-state index in [0.717, 1.165) is 17.5 Å². The third kappa shape index (κ3) is 5.55. The Labute approximate surface area is 160 Å². The van der Waals surface area contributed by atoms with E-state index in [0.29, 0.717) is 19.3 Å². The summed E-state index contributed by atoms with van der Waals surface area (Å²) in [5.74, 6) is -0.377. The zero-order valence-electron chi connectivity index (χ0n) is 15.3. The van der Waals surface area contributed by atoms with E-state index in [9.17, 15) is 15.0 Å². The largest absolute Gasteiger partial charge is 0.445 e. The van der Waals surface area contributed by atoms with Gasteiger partial charge in [-0.3, -0.25) is 0 Å². The van der Waals surface area contributed by atoms with Crippen LogP contribution >= 0.6 is 0 Å². The Hall–Kier alpha value is -2.37. The third-order valence-electron chi connectivity index (χ3n) is 5.21. The summed E-state index contributed by atoms with van der Waals surface area (Å²) in [6, 6.07) is 19.1. The fraction of sp³-hybridized carbons (Fsp3) is 0.409. The lowest BCUT2D eigenvalue weighted by atomic mass is 9.89. The van der Waals surface area contributed by atoms with E-state index in [1.165, 1.54) is 0 Å². The molecule has 1 aliphatic carbocycles. The lowest BCUT2D eigenvalue weighted by molar-refractivity contribution is 0.0376. The maximum absolute atomic E-state index is 12.3. The fourth-order valence-corrected chi connectivity index (χ4v) is 3.76. The summed E-state index contributed by atoms with van der Waals surface area (Å²) in [5.41, 5.74) is 2.07. The molecule has 1 amide bonds. The van der Waals surface area contributed by atoms with Gasteiger partial charge in [-0.15, -0.1) is 0 Å². The van der Waals surface area contributed by atoms with Crippen LogP contribution in [-0.2, 0) is 17.8 Å². The molecule has 27 heavy (non-hydrogen) atoms. The lowest BCUT2D eigenvalue weighted by Gasteiger charge is -2.29. The normalized spacial score (nSPS) is 21.0. The molecule has 1 saturated carbocycles. The lowest BCUT2D eigenvalue weighted by Crippen LogP contribution is -2.47. The molecule has 3 atom stereocenters. The maximum atomic E-state index is 12.3. The van der Waals surface area contributed by atoms with Crippen molar-refractivity contribution in [3.05, 3.63) is 71.8 Å². The zero-order valence-corrected chi connectivity index (χ0v) is 15.3. The van der Waals surface area contributed by atoms with Crippen molar-refractivity contribution < 1.29 is 19.7 Å². The average molecular weight is 369 g/mol. The smallest absolute Gasteiger partial charge is 0.407 e. The number of aliphatic hydroxyl groups is 2. The molecule has 0 saturated heterocycles. The highest BCUT2D eigenvalue weighted by Crippen LogP contribution is 2.31. The number of aliphatic hydroxyl groups excluding tert-OH is 2. The van der Waals surface area contributed by atoms with E-state index < -0.39 is 18.3 Å². The highest BCUT2D eigenvalue weighted by Gasteiger charge is 2.40. The van der Waals surface area contributed by atoms with Crippen LogP contribution in [0.25, 0.3) is 0 Å². The van der Waals surface area contributed by atoms with Gasteiger partial charge in [-0.05, 0) is 36.8 Å². The number of carbonyl (C=O) groups excluding carboxylic acids is 1. The summed E-state index contributed by atoms with van der Waals surface area (Å²) in [6.45, 7) is 0.188. The van der Waals surface area contributed by atoms with Gasteiger partial charge >= 0.3 is 6.09 Å². The van der Waals surface area contributed by atoms with E-state index in [-0.39, 0.29) is 18.6 Å². The van der Waals surface area contributed by atoms with Crippen molar-refractivity contribution in [2.45, 2.75) is 50.5 Å². The molecule has 0 aromatic heterocycles. The predicted molar refractivity (Wildman–Crippen MR) is 103 cm³/mol. The number of ether oxygens (including phenoxy) is 1. The van der Waals surface area contributed by atoms with Crippen LogP contribution in [0, 0.1) is 5.92 Å². The Morgan fingerprint density at radius 3 is 2.11 bits per heavy atom. The van der Waals surface area contributed by atoms with Crippen molar-refractivity contribution in [3.8, 4) is 0 Å². The van der Waals surface area contributed by atoms with Gasteiger partial charge in [0.1, 0.15) is 6.61 Å². The van der Waals surface area contributed by atoms with Crippen LogP contribution < -0.4 is 5.32 Å². The van der Waals surface area contributed by atoms with Crippen molar-refractivity contribution in [2.24, 2.45) is 5.92 Å². The zero-order chi connectivity index (χ0) is 19.1. The quantitative estimate of drug-likeness (QED) is 0.701. The van der Waals surface area contributed by atoms with E-state index in [1.807, 2.05) is 60.7 Å². The molecule has 0 bridgehead atoms. The molecular weight excluding hydrogens is 342 g/mol. The highest BCUT2D eigenvalue weighted by atomic mass is 16.5. The van der Waals surface area contributed by atoms with Gasteiger partial charge in [0.15, 0.2) is 0 Å². The van der Waals surface area contributed by atoms with Gasteiger partial charge in [0.25, 0.3) is 0 Å². The van der Waals surface area contributed by atoms with Crippen LogP contribution in [0.4, 0.5) is 4.79 Å². The number of rotatable bonds is 7. The van der Waals surface area contributed by atoms with Crippen LogP contribution in [-0.4, -0.2) is 34.6 Å². The Kier molecular flexibility index (Phi) is 6.85. The average Bonchev–Trinajstić information content (AvgIpc) is 3.03. The maximum Gasteiger partial charge on any atom is 0.407 e. The summed E-state index contributed by atoms with van der Waals surface area (Å²) >= 11 is 0. The van der Waals surface area contributed by atoms with Crippen LogP contribution in [0.15, 0.2) is 60.7 Å². The van der Waals surface area contributed by atoms with Crippen LogP contribution in [0.2, 0.25) is 0 Å². The number of alkyl carbamates (subject to hydrolysis) is 1. The second-order valence-corrected chi connectivity index (χ2v) is 7.13. The molecular formula is C22H27NO4. The minimum atomic E-state index is -0.616. The number of carbonyl (C=O) groups is 1. The Morgan fingerprint density at radius 2 is 1.52 bits per heavy atom. The fourth-order valence-electron chi connectivity index (χ4n) is 3.76. The molecule has 5 heteroatoms. The van der Waals surface area contributed by atoms with Crippen molar-refractivity contribution in [1.82, 2.24) is 5.32 Å². The molecule has 0 unspecified atom stereocenters. The first kappa shape index (κ1) is 19.4. The standard InChI is InChI=1S/C22H27NO4/c24-19-13-14-20(25)21(19)18(12-11-16-7-3-1-4-8-16)23-22(26)27-15-17-9-5-2-6-10-17/h1-10,18-21,24-25H,11-15H2,(H,23,26)/t18-,19-,20-/m0/s1. The minimum Gasteiger partial charge on any atom is -0.445 e. The Balaban J connectivity index is 1.61. The second-order valence-electron chi connectivity index (χ2n) is 7.13. The number of hydrogen-bond donors (Lipinski definition) is 3. The topological polar surface area (TPSA) is 78.8 Å². The second kappa shape index (κ2) is 9.53. The van der Waals surface area contributed by atoms with Gasteiger partial charge in [-0.25, -0.2) is 4.79 Å². The van der Waals surface area contributed by atoms with Crippen molar-refractivity contribution >= 4 is 6.09 Å². The first-order valence-corrected chi connectivity index (χ1v) is 9.51. The highest BCUT2D eigenvalue weighted by molar-refractivity contribution is 5.67. The van der Waals surface area contributed by atoms with Gasteiger partial charge in [-0.1, -0.05) is 60.7 Å². The SMILES string of the molecule is O=C(N[C@@H](CCc1ccccc1)C1[C@@H](O)CC[C@@H]1O)OCc1ccccc1. The first-order chi connectivity index (χ1) is 13.1. The van der Waals surface area contributed by atoms with E-state index >= 15 is 0 Å². The van der Waals surface area contributed by atoms with Gasteiger partial charge in [-0.2, -0.15) is 0 Å². The third-order valence-corrected chi connectivity index (χ3v) is 5.21. The molecule has 0 heterocycles. The number of benzene rings is 2. The molecule has 144 valence electrons. The van der Waals surface area contributed by atoms with Crippen molar-refractivity contribution in [2.75, 3.05) is 0 Å². The molecule has 3 rings (SSSR count). The van der Waals surface area contributed by atoms with Gasteiger partial charge in [0, 0.05) is 12.0 Å². The number of aryl methyl sites for hydroxylation is 1. The predicted octanol–water partition coefficient (Wildman–Crippen LogP) is 3.05. The van der Waals surface area contributed by atoms with E-state index in [1.54, 1.807) is 0 Å². The number of amides is 1. The van der Waals surface area contributed by atoms with Crippen LogP contribution in [0.1, 0.15) is 30.4 Å². The Morgan fingerprint density at radius 1 is 0.963 bits per heavy atom. The van der Waals surface area contributed by atoms with Crippen molar-refractivity contribution in [1.29, 1.82) is 0 Å². The van der Waals surface area contributed by atoms with Gasteiger partial charge < -0.3 is 20.3 Å². The number of nitrogens with one attached hydrogen (secondary N) is 1. The summed E-state index contributed by atoms with van der Waals surface area (Å²) in [4.78, 5) is 12.3. The molecule has 2 aromatic carbocycles. The summed E-state index contributed by atoms with van der Waals surface area (Å²) < 4.78 is 5.33. The molecule has 1 fully saturated rings. The molecule has 2 aromatic rings. The van der Waals surface area contributed by atoms with Crippen LogP contribution in [0.3, 0.4) is 0 Å². The molecule has 5 nitrogen and oxygen atoms in total. The summed E-state index contributed by atoms with van der Waals surface area (Å²) in [7, 11) is 0. The molecule has 3 N–H and O–H groups in total. The van der Waals surface area contributed by atoms with Crippen molar-refractivity contribution in [3.63, 3.8) is 0 Å². The molecule has 0 spiro atoms.